The first kappa shape index (κ1) is 13.7. The smallest absolute Gasteiger partial charge is 0.243 e. The molecule has 1 fully saturated rings. The number of aromatic amines is 1. The average molecular weight is 308 g/mol. The van der Waals surface area contributed by atoms with Crippen LogP contribution < -0.4 is 0 Å². The SMILES string of the molecule is Cc1cc(=S)c2cc(S(=O)(=O)N3CCCC3)ccc2[nH]1. The molecule has 0 bridgehead atoms. The van der Waals surface area contributed by atoms with Gasteiger partial charge in [0.25, 0.3) is 0 Å². The Balaban J connectivity index is 2.16. The van der Waals surface area contributed by atoms with Crippen LogP contribution in [0.5, 0.6) is 0 Å². The molecule has 1 saturated heterocycles. The second-order valence-electron chi connectivity index (χ2n) is 5.14. The highest BCUT2D eigenvalue weighted by molar-refractivity contribution is 7.89. The maximum absolute atomic E-state index is 12.5. The molecule has 0 amide bonds. The lowest BCUT2D eigenvalue weighted by Gasteiger charge is -2.15. The van der Waals surface area contributed by atoms with Gasteiger partial charge in [-0.05, 0) is 44.0 Å². The average Bonchev–Trinajstić information content (AvgIpc) is 2.92. The largest absolute Gasteiger partial charge is 0.359 e. The molecule has 0 spiro atoms. The van der Waals surface area contributed by atoms with Crippen molar-refractivity contribution in [1.29, 1.82) is 0 Å². The third-order valence-corrected chi connectivity index (χ3v) is 5.87. The van der Waals surface area contributed by atoms with Gasteiger partial charge in [0, 0.05) is 34.2 Å². The van der Waals surface area contributed by atoms with Crippen molar-refractivity contribution in [3.05, 3.63) is 34.5 Å². The summed E-state index contributed by atoms with van der Waals surface area (Å²) in [5, 5.41) is 0.783. The number of pyridine rings is 1. The lowest BCUT2D eigenvalue weighted by atomic mass is 10.2. The van der Waals surface area contributed by atoms with E-state index in [9.17, 15) is 8.42 Å². The minimum Gasteiger partial charge on any atom is -0.359 e. The van der Waals surface area contributed by atoms with Gasteiger partial charge in [0.05, 0.1) is 4.90 Å². The Morgan fingerprint density at radius 1 is 1.20 bits per heavy atom. The van der Waals surface area contributed by atoms with Crippen LogP contribution in [-0.4, -0.2) is 30.8 Å². The van der Waals surface area contributed by atoms with Gasteiger partial charge in [-0.15, -0.1) is 0 Å². The first-order valence-electron chi connectivity index (χ1n) is 6.62. The molecule has 0 aliphatic carbocycles. The molecule has 0 radical (unpaired) electrons. The van der Waals surface area contributed by atoms with Gasteiger partial charge in [0.1, 0.15) is 0 Å². The van der Waals surface area contributed by atoms with Crippen molar-refractivity contribution in [2.75, 3.05) is 13.1 Å². The minimum atomic E-state index is -3.38. The summed E-state index contributed by atoms with van der Waals surface area (Å²) in [6, 6.07) is 6.98. The predicted molar refractivity (Wildman–Crippen MR) is 81.9 cm³/mol. The maximum Gasteiger partial charge on any atom is 0.243 e. The highest BCUT2D eigenvalue weighted by Gasteiger charge is 2.27. The van der Waals surface area contributed by atoms with Crippen LogP contribution in [0.4, 0.5) is 0 Å². The topological polar surface area (TPSA) is 53.2 Å². The van der Waals surface area contributed by atoms with Crippen LogP contribution in [-0.2, 0) is 10.0 Å². The molecule has 1 aliphatic rings. The lowest BCUT2D eigenvalue weighted by molar-refractivity contribution is 0.477. The molecule has 2 heterocycles. The third kappa shape index (κ3) is 2.28. The van der Waals surface area contributed by atoms with Crippen LogP contribution >= 0.6 is 12.2 Å². The molecule has 6 heteroatoms. The number of nitrogens with one attached hydrogen (secondary N) is 1. The molecule has 3 rings (SSSR count). The fourth-order valence-electron chi connectivity index (χ4n) is 2.60. The van der Waals surface area contributed by atoms with Crippen molar-refractivity contribution in [2.24, 2.45) is 0 Å². The summed E-state index contributed by atoms with van der Waals surface area (Å²) in [5.74, 6) is 0. The van der Waals surface area contributed by atoms with Crippen LogP contribution in [0.25, 0.3) is 10.9 Å². The first-order chi connectivity index (χ1) is 9.48. The molecule has 0 atom stereocenters. The lowest BCUT2D eigenvalue weighted by Crippen LogP contribution is -2.27. The van der Waals surface area contributed by atoms with Crippen LogP contribution in [0, 0.1) is 11.4 Å². The Labute approximate surface area is 123 Å². The molecular weight excluding hydrogens is 292 g/mol. The molecular formula is C14H16N2O2S2. The number of hydrogen-bond donors (Lipinski definition) is 1. The maximum atomic E-state index is 12.5. The molecule has 106 valence electrons. The molecule has 1 aromatic heterocycles. The quantitative estimate of drug-likeness (QED) is 0.868. The van der Waals surface area contributed by atoms with E-state index < -0.39 is 10.0 Å². The Morgan fingerprint density at radius 2 is 1.90 bits per heavy atom. The van der Waals surface area contributed by atoms with Crippen molar-refractivity contribution >= 4 is 33.1 Å². The van der Waals surface area contributed by atoms with Crippen molar-refractivity contribution in [1.82, 2.24) is 9.29 Å². The van der Waals surface area contributed by atoms with Crippen LogP contribution in [0.1, 0.15) is 18.5 Å². The van der Waals surface area contributed by atoms with E-state index in [0.717, 1.165) is 29.4 Å². The van der Waals surface area contributed by atoms with Crippen LogP contribution in [0.3, 0.4) is 0 Å². The molecule has 2 aromatic rings. The number of fused-ring (bicyclic) bond motifs is 1. The van der Waals surface area contributed by atoms with Crippen molar-refractivity contribution < 1.29 is 8.42 Å². The van der Waals surface area contributed by atoms with Crippen molar-refractivity contribution in [3.8, 4) is 0 Å². The molecule has 20 heavy (non-hydrogen) atoms. The van der Waals surface area contributed by atoms with Gasteiger partial charge in [-0.2, -0.15) is 4.31 Å². The summed E-state index contributed by atoms with van der Waals surface area (Å²) < 4.78 is 27.3. The zero-order valence-corrected chi connectivity index (χ0v) is 12.9. The number of hydrogen-bond acceptors (Lipinski definition) is 3. The van der Waals surface area contributed by atoms with Crippen molar-refractivity contribution in [2.45, 2.75) is 24.7 Å². The van der Waals surface area contributed by atoms with E-state index in [1.54, 1.807) is 22.5 Å². The Kier molecular flexibility index (Phi) is 3.40. The van der Waals surface area contributed by atoms with Gasteiger partial charge in [0.15, 0.2) is 0 Å². The van der Waals surface area contributed by atoms with Gasteiger partial charge in [0.2, 0.25) is 10.0 Å². The van der Waals surface area contributed by atoms with Gasteiger partial charge >= 0.3 is 0 Å². The van der Waals surface area contributed by atoms with Gasteiger partial charge in [-0.1, -0.05) is 12.2 Å². The number of aryl methyl sites for hydroxylation is 1. The molecule has 4 nitrogen and oxygen atoms in total. The van der Waals surface area contributed by atoms with E-state index in [0.29, 0.717) is 22.5 Å². The van der Waals surface area contributed by atoms with E-state index in [1.807, 2.05) is 13.0 Å². The molecule has 0 unspecified atom stereocenters. The number of rotatable bonds is 2. The Bertz CT molecular complexity index is 819. The summed E-state index contributed by atoms with van der Waals surface area (Å²) in [6.07, 6.45) is 1.87. The monoisotopic (exact) mass is 308 g/mol. The summed E-state index contributed by atoms with van der Waals surface area (Å²) in [6.45, 7) is 3.16. The fourth-order valence-corrected chi connectivity index (χ4v) is 4.49. The highest BCUT2D eigenvalue weighted by Crippen LogP contribution is 2.24. The zero-order valence-electron chi connectivity index (χ0n) is 11.2. The van der Waals surface area contributed by atoms with E-state index in [-0.39, 0.29) is 0 Å². The summed E-state index contributed by atoms with van der Waals surface area (Å²) in [7, 11) is -3.38. The Hall–Kier alpha value is -1.24. The van der Waals surface area contributed by atoms with E-state index in [4.69, 9.17) is 12.2 Å². The number of benzene rings is 1. The second kappa shape index (κ2) is 4.95. The number of sulfonamides is 1. The summed E-state index contributed by atoms with van der Waals surface area (Å²) in [4.78, 5) is 3.53. The van der Waals surface area contributed by atoms with Gasteiger partial charge in [-0.3, -0.25) is 0 Å². The fraction of sp³-hybridized carbons (Fsp3) is 0.357. The Morgan fingerprint density at radius 3 is 2.60 bits per heavy atom. The zero-order chi connectivity index (χ0) is 14.3. The normalized spacial score (nSPS) is 16.9. The van der Waals surface area contributed by atoms with Gasteiger partial charge in [-0.25, -0.2) is 8.42 Å². The first-order valence-corrected chi connectivity index (χ1v) is 8.47. The number of H-pyrrole nitrogens is 1. The van der Waals surface area contributed by atoms with E-state index in [1.165, 1.54) is 0 Å². The molecule has 1 N–H and O–H groups in total. The minimum absolute atomic E-state index is 0.329. The summed E-state index contributed by atoms with van der Waals surface area (Å²) in [5.41, 5.74) is 1.84. The highest BCUT2D eigenvalue weighted by atomic mass is 32.2. The molecule has 1 aliphatic heterocycles. The summed E-state index contributed by atoms with van der Waals surface area (Å²) >= 11 is 5.33. The van der Waals surface area contributed by atoms with Gasteiger partial charge < -0.3 is 4.98 Å². The number of nitrogens with zero attached hydrogens (tertiary/aromatic N) is 1. The van der Waals surface area contributed by atoms with Crippen LogP contribution in [0.2, 0.25) is 0 Å². The van der Waals surface area contributed by atoms with E-state index >= 15 is 0 Å². The standard InChI is InChI=1S/C14H16N2O2S2/c1-10-8-14(19)12-9-11(4-5-13(12)15-10)20(17,18)16-6-2-3-7-16/h4-5,8-9H,2-3,6-7H2,1H3,(H,15,19). The predicted octanol–water partition coefficient (Wildman–Crippen LogP) is 2.99. The van der Waals surface area contributed by atoms with Crippen LogP contribution in [0.15, 0.2) is 29.2 Å². The third-order valence-electron chi connectivity index (χ3n) is 3.64. The van der Waals surface area contributed by atoms with E-state index in [2.05, 4.69) is 4.98 Å². The molecule has 1 aromatic carbocycles. The number of aromatic nitrogens is 1. The van der Waals surface area contributed by atoms with Crippen molar-refractivity contribution in [3.63, 3.8) is 0 Å². The second-order valence-corrected chi connectivity index (χ2v) is 7.51. The molecule has 0 saturated carbocycles.